The predicted octanol–water partition coefficient (Wildman–Crippen LogP) is 1.18. The van der Waals surface area contributed by atoms with Gasteiger partial charge in [0, 0.05) is 6.04 Å². The largest absolute Gasteiger partial charge is 0.473 e. The van der Waals surface area contributed by atoms with E-state index in [-0.39, 0.29) is 0 Å². The second-order valence-electron chi connectivity index (χ2n) is 3.81. The van der Waals surface area contributed by atoms with E-state index in [1.165, 1.54) is 24.0 Å². The lowest BCUT2D eigenvalue weighted by molar-refractivity contribution is -0.159. The Balaban J connectivity index is 0.000000209. The smallest absolute Gasteiger partial charge is 0.414 e. The molecule has 0 aliphatic heterocycles. The normalized spacial score (nSPS) is 17.4. The number of hydrogen-bond acceptors (Lipinski definition) is 3. The molecule has 0 radical (unpaired) electrons. The van der Waals surface area contributed by atoms with Crippen molar-refractivity contribution in [3.05, 3.63) is 35.4 Å². The first-order valence-electron chi connectivity index (χ1n) is 5.32. The molecule has 0 spiro atoms. The summed E-state index contributed by atoms with van der Waals surface area (Å²) in [4.78, 5) is 18.2. The van der Waals surface area contributed by atoms with Gasteiger partial charge in [-0.15, -0.1) is 0 Å². The number of carboxylic acids is 2. The zero-order chi connectivity index (χ0) is 12.8. The van der Waals surface area contributed by atoms with E-state index >= 15 is 0 Å². The third kappa shape index (κ3) is 3.88. The minimum atomic E-state index is -1.82. The summed E-state index contributed by atoms with van der Waals surface area (Å²) in [5.41, 5.74) is 8.76. The van der Waals surface area contributed by atoms with Crippen LogP contribution in [-0.2, 0) is 16.0 Å². The fourth-order valence-electron chi connectivity index (χ4n) is 1.79. The van der Waals surface area contributed by atoms with Crippen LogP contribution in [0, 0.1) is 0 Å². The number of rotatable bonds is 0. The summed E-state index contributed by atoms with van der Waals surface area (Å²) < 4.78 is 0. The molecular formula is C12H15NO4. The van der Waals surface area contributed by atoms with E-state index in [1.807, 2.05) is 0 Å². The summed E-state index contributed by atoms with van der Waals surface area (Å²) in [5.74, 6) is -3.65. The van der Waals surface area contributed by atoms with Crippen molar-refractivity contribution < 1.29 is 19.8 Å². The van der Waals surface area contributed by atoms with Crippen LogP contribution < -0.4 is 5.73 Å². The van der Waals surface area contributed by atoms with Gasteiger partial charge in [0.1, 0.15) is 0 Å². The van der Waals surface area contributed by atoms with Gasteiger partial charge in [0.05, 0.1) is 0 Å². The van der Waals surface area contributed by atoms with Crippen LogP contribution in [0.1, 0.15) is 30.0 Å². The molecule has 0 saturated carbocycles. The van der Waals surface area contributed by atoms with E-state index in [1.54, 1.807) is 0 Å². The van der Waals surface area contributed by atoms with Crippen LogP contribution in [-0.4, -0.2) is 22.2 Å². The molecule has 0 bridgehead atoms. The molecule has 1 atom stereocenters. The van der Waals surface area contributed by atoms with Gasteiger partial charge in [-0.1, -0.05) is 24.3 Å². The van der Waals surface area contributed by atoms with Crippen molar-refractivity contribution in [1.82, 2.24) is 0 Å². The van der Waals surface area contributed by atoms with E-state index < -0.39 is 11.9 Å². The maximum atomic E-state index is 9.10. The van der Waals surface area contributed by atoms with Crippen molar-refractivity contribution in [2.24, 2.45) is 5.73 Å². The first-order valence-corrected chi connectivity index (χ1v) is 5.32. The molecule has 1 unspecified atom stereocenters. The monoisotopic (exact) mass is 237 g/mol. The minimum Gasteiger partial charge on any atom is -0.473 e. The number of fused-ring (bicyclic) bond motifs is 1. The quantitative estimate of drug-likeness (QED) is 0.588. The molecule has 1 aromatic rings. The van der Waals surface area contributed by atoms with Gasteiger partial charge in [0.2, 0.25) is 0 Å². The summed E-state index contributed by atoms with van der Waals surface area (Å²) in [6.45, 7) is 0. The van der Waals surface area contributed by atoms with Gasteiger partial charge < -0.3 is 15.9 Å². The van der Waals surface area contributed by atoms with Crippen LogP contribution in [0.2, 0.25) is 0 Å². The highest BCUT2D eigenvalue weighted by Gasteiger charge is 2.14. The average molecular weight is 237 g/mol. The van der Waals surface area contributed by atoms with E-state index in [9.17, 15) is 0 Å². The molecule has 0 heterocycles. The van der Waals surface area contributed by atoms with Crippen molar-refractivity contribution >= 4 is 11.9 Å². The molecule has 92 valence electrons. The van der Waals surface area contributed by atoms with Crippen LogP contribution in [0.15, 0.2) is 24.3 Å². The summed E-state index contributed by atoms with van der Waals surface area (Å²) in [5, 5.41) is 14.8. The summed E-state index contributed by atoms with van der Waals surface area (Å²) in [7, 11) is 0. The highest BCUT2D eigenvalue weighted by Crippen LogP contribution is 2.26. The average Bonchev–Trinajstić information content (AvgIpc) is 2.30. The molecule has 1 aliphatic rings. The number of nitrogens with two attached hydrogens (primary N) is 1. The Kier molecular flexibility index (Phi) is 4.66. The molecule has 1 aromatic carbocycles. The van der Waals surface area contributed by atoms with Crippen molar-refractivity contribution in [1.29, 1.82) is 0 Å². The molecule has 0 aromatic heterocycles. The van der Waals surface area contributed by atoms with Crippen molar-refractivity contribution in [2.75, 3.05) is 0 Å². The second-order valence-corrected chi connectivity index (χ2v) is 3.81. The van der Waals surface area contributed by atoms with Crippen molar-refractivity contribution in [2.45, 2.75) is 25.3 Å². The maximum absolute atomic E-state index is 9.10. The Bertz CT molecular complexity index is 405. The van der Waals surface area contributed by atoms with Gasteiger partial charge in [-0.2, -0.15) is 0 Å². The minimum absolute atomic E-state index is 0.292. The molecule has 2 rings (SSSR count). The topological polar surface area (TPSA) is 101 Å². The van der Waals surface area contributed by atoms with Gasteiger partial charge in [0.25, 0.3) is 0 Å². The Morgan fingerprint density at radius 1 is 1.18 bits per heavy atom. The van der Waals surface area contributed by atoms with E-state index in [4.69, 9.17) is 25.5 Å². The predicted molar refractivity (Wildman–Crippen MR) is 61.6 cm³/mol. The van der Waals surface area contributed by atoms with Crippen molar-refractivity contribution in [3.63, 3.8) is 0 Å². The third-order valence-corrected chi connectivity index (χ3v) is 2.60. The Hall–Kier alpha value is -1.88. The number of carboxylic acid groups (broad SMARTS) is 2. The fraction of sp³-hybridized carbons (Fsp3) is 0.333. The molecule has 17 heavy (non-hydrogen) atoms. The SMILES string of the molecule is NC1CCCc2ccccc21.O=C(O)C(=O)O. The van der Waals surface area contributed by atoms with E-state index in [0.29, 0.717) is 6.04 Å². The summed E-state index contributed by atoms with van der Waals surface area (Å²) >= 11 is 0. The lowest BCUT2D eigenvalue weighted by Gasteiger charge is -2.21. The molecule has 5 nitrogen and oxygen atoms in total. The first kappa shape index (κ1) is 13.2. The zero-order valence-electron chi connectivity index (χ0n) is 9.30. The standard InChI is InChI=1S/C10H13N.C2H2O4/c11-10-7-3-5-8-4-1-2-6-9(8)10;3-1(4)2(5)6/h1-2,4,6,10H,3,5,7,11H2;(H,3,4)(H,5,6). The van der Waals surface area contributed by atoms with Crippen LogP contribution in [0.4, 0.5) is 0 Å². The maximum Gasteiger partial charge on any atom is 0.414 e. The second kappa shape index (κ2) is 6.00. The van der Waals surface area contributed by atoms with E-state index in [0.717, 1.165) is 6.42 Å². The fourth-order valence-corrected chi connectivity index (χ4v) is 1.79. The highest BCUT2D eigenvalue weighted by molar-refractivity contribution is 6.27. The number of hydrogen-bond donors (Lipinski definition) is 3. The Labute approximate surface area is 98.9 Å². The number of aliphatic carboxylic acids is 2. The molecule has 5 heteroatoms. The van der Waals surface area contributed by atoms with Crippen LogP contribution >= 0.6 is 0 Å². The number of aryl methyl sites for hydroxylation is 1. The Morgan fingerprint density at radius 2 is 1.76 bits per heavy atom. The van der Waals surface area contributed by atoms with Crippen molar-refractivity contribution in [3.8, 4) is 0 Å². The van der Waals surface area contributed by atoms with Crippen LogP contribution in [0.3, 0.4) is 0 Å². The molecule has 0 saturated heterocycles. The van der Waals surface area contributed by atoms with Gasteiger partial charge in [-0.3, -0.25) is 0 Å². The van der Waals surface area contributed by atoms with Gasteiger partial charge in [-0.05, 0) is 30.4 Å². The lowest BCUT2D eigenvalue weighted by Crippen LogP contribution is -2.16. The number of carbonyl (C=O) groups is 2. The third-order valence-electron chi connectivity index (χ3n) is 2.60. The van der Waals surface area contributed by atoms with E-state index in [2.05, 4.69) is 24.3 Å². The Morgan fingerprint density at radius 3 is 2.29 bits per heavy atom. The lowest BCUT2D eigenvalue weighted by atomic mass is 9.88. The highest BCUT2D eigenvalue weighted by atomic mass is 16.4. The molecule has 0 amide bonds. The van der Waals surface area contributed by atoms with Crippen LogP contribution in [0.5, 0.6) is 0 Å². The molecule has 1 aliphatic carbocycles. The summed E-state index contributed by atoms with van der Waals surface area (Å²) in [6.07, 6.45) is 3.61. The molecule has 4 N–H and O–H groups in total. The molecule has 0 fully saturated rings. The van der Waals surface area contributed by atoms with Gasteiger partial charge >= 0.3 is 11.9 Å². The molecular weight excluding hydrogens is 222 g/mol. The van der Waals surface area contributed by atoms with Gasteiger partial charge in [0.15, 0.2) is 0 Å². The number of benzene rings is 1. The summed E-state index contributed by atoms with van der Waals surface area (Å²) in [6, 6.07) is 8.80. The van der Waals surface area contributed by atoms with Gasteiger partial charge in [-0.25, -0.2) is 9.59 Å². The van der Waals surface area contributed by atoms with Crippen LogP contribution in [0.25, 0.3) is 0 Å². The first-order chi connectivity index (χ1) is 8.02. The zero-order valence-corrected chi connectivity index (χ0v) is 9.30.